The number of aliphatic hydroxyl groups is 1. The molecule has 3 rings (SSSR count). The summed E-state index contributed by atoms with van der Waals surface area (Å²) in [6.07, 6.45) is 0.0223. The predicted octanol–water partition coefficient (Wildman–Crippen LogP) is 2.45. The SMILES string of the molecule is Cc1cc2cccc(CN3C[C@@H](CC#N)[C@H](O)C3)c2o1. The van der Waals surface area contributed by atoms with Gasteiger partial charge in [0.1, 0.15) is 11.3 Å². The molecule has 4 heteroatoms. The van der Waals surface area contributed by atoms with Gasteiger partial charge in [-0.15, -0.1) is 0 Å². The predicted molar refractivity (Wildman–Crippen MR) is 76.0 cm³/mol. The normalized spacial score (nSPS) is 23.2. The lowest BCUT2D eigenvalue weighted by Crippen LogP contribution is -2.21. The summed E-state index contributed by atoms with van der Waals surface area (Å²) in [5.74, 6) is 0.980. The van der Waals surface area contributed by atoms with Gasteiger partial charge in [0.15, 0.2) is 0 Å². The number of aryl methyl sites for hydroxylation is 1. The van der Waals surface area contributed by atoms with Crippen LogP contribution < -0.4 is 0 Å². The molecule has 1 aromatic heterocycles. The van der Waals surface area contributed by atoms with E-state index in [1.54, 1.807) is 0 Å². The molecular formula is C16H18N2O2. The molecule has 0 spiro atoms. The van der Waals surface area contributed by atoms with Gasteiger partial charge in [-0.05, 0) is 13.0 Å². The summed E-state index contributed by atoms with van der Waals surface area (Å²) < 4.78 is 5.77. The van der Waals surface area contributed by atoms with Crippen LogP contribution in [0.25, 0.3) is 11.0 Å². The molecular weight excluding hydrogens is 252 g/mol. The van der Waals surface area contributed by atoms with E-state index in [4.69, 9.17) is 9.68 Å². The molecule has 0 saturated carbocycles. The van der Waals surface area contributed by atoms with E-state index in [1.807, 2.05) is 25.1 Å². The van der Waals surface area contributed by atoms with Crippen LogP contribution in [0.2, 0.25) is 0 Å². The molecule has 104 valence electrons. The van der Waals surface area contributed by atoms with E-state index in [9.17, 15) is 5.11 Å². The molecule has 1 fully saturated rings. The molecule has 1 N–H and O–H groups in total. The quantitative estimate of drug-likeness (QED) is 0.930. The van der Waals surface area contributed by atoms with E-state index in [1.165, 1.54) is 0 Å². The van der Waals surface area contributed by atoms with Crippen LogP contribution >= 0.6 is 0 Å². The van der Waals surface area contributed by atoms with E-state index < -0.39 is 6.10 Å². The van der Waals surface area contributed by atoms with Crippen LogP contribution in [-0.2, 0) is 6.54 Å². The van der Waals surface area contributed by atoms with Crippen LogP contribution in [-0.4, -0.2) is 29.2 Å². The van der Waals surface area contributed by atoms with Crippen molar-refractivity contribution >= 4 is 11.0 Å². The number of likely N-dealkylation sites (tertiary alicyclic amines) is 1. The first-order valence-corrected chi connectivity index (χ1v) is 6.93. The molecule has 0 radical (unpaired) electrons. The Hall–Kier alpha value is -1.83. The zero-order valence-corrected chi connectivity index (χ0v) is 11.5. The highest BCUT2D eigenvalue weighted by molar-refractivity contribution is 5.81. The van der Waals surface area contributed by atoms with Gasteiger partial charge in [-0.25, -0.2) is 0 Å². The van der Waals surface area contributed by atoms with Gasteiger partial charge in [0.05, 0.1) is 12.2 Å². The lowest BCUT2D eigenvalue weighted by molar-refractivity contribution is 0.142. The molecule has 1 aliphatic heterocycles. The van der Waals surface area contributed by atoms with Crippen LogP contribution in [0.5, 0.6) is 0 Å². The van der Waals surface area contributed by atoms with Crippen molar-refractivity contribution < 1.29 is 9.52 Å². The number of nitrogens with zero attached hydrogens (tertiary/aromatic N) is 2. The summed E-state index contributed by atoms with van der Waals surface area (Å²) in [5, 5.41) is 19.9. The summed E-state index contributed by atoms with van der Waals surface area (Å²) in [6.45, 7) is 4.10. The topological polar surface area (TPSA) is 60.4 Å². The number of fused-ring (bicyclic) bond motifs is 1. The van der Waals surface area contributed by atoms with Crippen LogP contribution in [0.15, 0.2) is 28.7 Å². The maximum Gasteiger partial charge on any atom is 0.138 e. The number of benzene rings is 1. The Morgan fingerprint density at radius 1 is 1.45 bits per heavy atom. The van der Waals surface area contributed by atoms with E-state index in [-0.39, 0.29) is 5.92 Å². The van der Waals surface area contributed by atoms with E-state index in [2.05, 4.69) is 17.0 Å². The molecule has 1 aliphatic rings. The number of rotatable bonds is 3. The van der Waals surface area contributed by atoms with Crippen molar-refractivity contribution in [2.24, 2.45) is 5.92 Å². The van der Waals surface area contributed by atoms with Gasteiger partial charge in [-0.2, -0.15) is 5.26 Å². The summed E-state index contributed by atoms with van der Waals surface area (Å²) in [7, 11) is 0. The van der Waals surface area contributed by atoms with Crippen LogP contribution in [0.3, 0.4) is 0 Å². The Labute approximate surface area is 118 Å². The fraction of sp³-hybridized carbons (Fsp3) is 0.438. The second-order valence-corrected chi connectivity index (χ2v) is 5.58. The number of hydrogen-bond donors (Lipinski definition) is 1. The van der Waals surface area contributed by atoms with Gasteiger partial charge < -0.3 is 9.52 Å². The van der Waals surface area contributed by atoms with Gasteiger partial charge in [-0.3, -0.25) is 4.90 Å². The third-order valence-corrected chi connectivity index (χ3v) is 3.98. The number of β-amino-alcohol motifs (C(OH)–C–C–N with tert-alkyl or cyclic N) is 1. The molecule has 1 saturated heterocycles. The Kier molecular flexibility index (Phi) is 3.47. The van der Waals surface area contributed by atoms with Crippen molar-refractivity contribution in [3.05, 3.63) is 35.6 Å². The van der Waals surface area contributed by atoms with Gasteiger partial charge in [-0.1, -0.05) is 18.2 Å². The van der Waals surface area contributed by atoms with E-state index in [0.29, 0.717) is 13.0 Å². The van der Waals surface area contributed by atoms with Crippen molar-refractivity contribution in [1.82, 2.24) is 4.90 Å². The van der Waals surface area contributed by atoms with Crippen molar-refractivity contribution in [3.8, 4) is 6.07 Å². The first-order chi connectivity index (χ1) is 9.67. The summed E-state index contributed by atoms with van der Waals surface area (Å²) in [5.41, 5.74) is 2.07. The lowest BCUT2D eigenvalue weighted by atomic mass is 10.0. The second-order valence-electron chi connectivity index (χ2n) is 5.58. The summed E-state index contributed by atoms with van der Waals surface area (Å²) in [6, 6.07) is 10.3. The van der Waals surface area contributed by atoms with Gasteiger partial charge >= 0.3 is 0 Å². The molecule has 2 atom stereocenters. The molecule has 20 heavy (non-hydrogen) atoms. The van der Waals surface area contributed by atoms with Crippen LogP contribution in [0.1, 0.15) is 17.7 Å². The number of para-hydroxylation sites is 1. The third-order valence-electron chi connectivity index (χ3n) is 3.98. The minimum atomic E-state index is -0.396. The van der Waals surface area contributed by atoms with Crippen molar-refractivity contribution in [3.63, 3.8) is 0 Å². The lowest BCUT2D eigenvalue weighted by Gasteiger charge is -2.15. The molecule has 0 amide bonds. The zero-order valence-electron chi connectivity index (χ0n) is 11.5. The highest BCUT2D eigenvalue weighted by atomic mass is 16.3. The maximum atomic E-state index is 9.97. The fourth-order valence-corrected chi connectivity index (χ4v) is 3.01. The minimum Gasteiger partial charge on any atom is -0.461 e. The molecule has 2 aromatic rings. The molecule has 2 heterocycles. The maximum absolute atomic E-state index is 9.97. The van der Waals surface area contributed by atoms with Crippen LogP contribution in [0, 0.1) is 24.2 Å². The molecule has 0 unspecified atom stereocenters. The smallest absolute Gasteiger partial charge is 0.138 e. The highest BCUT2D eigenvalue weighted by Gasteiger charge is 2.31. The first kappa shape index (κ1) is 13.2. The van der Waals surface area contributed by atoms with Gasteiger partial charge in [0, 0.05) is 42.9 Å². The third kappa shape index (κ3) is 2.43. The van der Waals surface area contributed by atoms with Crippen molar-refractivity contribution in [2.45, 2.75) is 26.0 Å². The second kappa shape index (κ2) is 5.28. The molecule has 4 nitrogen and oxygen atoms in total. The summed E-state index contributed by atoms with van der Waals surface area (Å²) in [4.78, 5) is 2.19. The molecule has 1 aromatic carbocycles. The van der Waals surface area contributed by atoms with E-state index >= 15 is 0 Å². The minimum absolute atomic E-state index is 0.0672. The largest absolute Gasteiger partial charge is 0.461 e. The Morgan fingerprint density at radius 2 is 2.30 bits per heavy atom. The Balaban J connectivity index is 1.79. The zero-order chi connectivity index (χ0) is 14.1. The van der Waals surface area contributed by atoms with Crippen molar-refractivity contribution in [2.75, 3.05) is 13.1 Å². The Bertz CT molecular complexity index is 656. The van der Waals surface area contributed by atoms with Gasteiger partial charge in [0.25, 0.3) is 0 Å². The average Bonchev–Trinajstić information content (AvgIpc) is 2.94. The fourth-order valence-electron chi connectivity index (χ4n) is 3.01. The van der Waals surface area contributed by atoms with Crippen molar-refractivity contribution in [1.29, 1.82) is 5.26 Å². The summed E-state index contributed by atoms with van der Waals surface area (Å²) >= 11 is 0. The van der Waals surface area contributed by atoms with Gasteiger partial charge in [0.2, 0.25) is 0 Å². The first-order valence-electron chi connectivity index (χ1n) is 6.93. The standard InChI is InChI=1S/C16H18N2O2/c1-11-7-12-3-2-4-14(16(12)20-11)9-18-8-13(5-6-17)15(19)10-18/h2-4,7,13,15,19H,5,8-10H2,1H3/t13-,15-/m1/s1. The highest BCUT2D eigenvalue weighted by Crippen LogP contribution is 2.27. The number of nitriles is 1. The molecule has 0 aliphatic carbocycles. The van der Waals surface area contributed by atoms with E-state index in [0.717, 1.165) is 35.4 Å². The number of hydrogen-bond acceptors (Lipinski definition) is 4. The number of aliphatic hydroxyl groups excluding tert-OH is 1. The average molecular weight is 270 g/mol. The number of furan rings is 1. The van der Waals surface area contributed by atoms with Crippen LogP contribution in [0.4, 0.5) is 0 Å². The monoisotopic (exact) mass is 270 g/mol. The Morgan fingerprint density at radius 3 is 3.10 bits per heavy atom. The molecule has 0 bridgehead atoms.